The highest BCUT2D eigenvalue weighted by Gasteiger charge is 2.42. The Balaban J connectivity index is 0.00000118. The van der Waals surface area contributed by atoms with Crippen molar-refractivity contribution in [1.82, 2.24) is 19.9 Å². The molecule has 16 heteroatoms. The molecule has 4 aromatic rings. The Bertz CT molecular complexity index is 1570. The predicted octanol–water partition coefficient (Wildman–Crippen LogP) is 5.73. The van der Waals surface area contributed by atoms with Gasteiger partial charge >= 0.3 is 12.4 Å². The average molecular weight is 629 g/mol. The number of H-pyrrole nitrogens is 1. The zero-order valence-electron chi connectivity index (χ0n) is 22.1. The summed E-state index contributed by atoms with van der Waals surface area (Å²) >= 11 is 6.23. The zero-order chi connectivity index (χ0) is 30.9. The Morgan fingerprint density at radius 3 is 2.21 bits per heavy atom. The summed E-state index contributed by atoms with van der Waals surface area (Å²) in [5.41, 5.74) is -0.597. The summed E-state index contributed by atoms with van der Waals surface area (Å²) < 4.78 is 87.2. The van der Waals surface area contributed by atoms with Crippen molar-refractivity contribution in [1.29, 1.82) is 0 Å². The van der Waals surface area contributed by atoms with Crippen molar-refractivity contribution in [3.05, 3.63) is 75.8 Å². The molecule has 1 fully saturated rings. The number of alkyl halides is 6. The number of fused-ring (bicyclic) bond motifs is 3. The molecule has 3 aromatic heterocycles. The van der Waals surface area contributed by atoms with Crippen LogP contribution >= 0.6 is 11.6 Å². The average Bonchev–Trinajstić information content (AvgIpc) is 3.34. The van der Waals surface area contributed by atoms with Crippen molar-refractivity contribution >= 4 is 40.7 Å². The van der Waals surface area contributed by atoms with Crippen LogP contribution in [0.1, 0.15) is 34.3 Å². The smallest absolute Gasteiger partial charge is 0.433 e. The van der Waals surface area contributed by atoms with Crippen LogP contribution in [0.2, 0.25) is 5.02 Å². The molecule has 0 spiro atoms. The number of aromatic amines is 1. The highest BCUT2D eigenvalue weighted by Crippen LogP contribution is 2.42. The van der Waals surface area contributed by atoms with E-state index in [4.69, 9.17) is 26.2 Å². The van der Waals surface area contributed by atoms with Gasteiger partial charge in [0.15, 0.2) is 11.4 Å². The van der Waals surface area contributed by atoms with E-state index < -0.39 is 35.7 Å². The van der Waals surface area contributed by atoms with Crippen LogP contribution in [0.4, 0.5) is 38.1 Å². The fourth-order valence-corrected chi connectivity index (χ4v) is 5.39. The van der Waals surface area contributed by atoms with E-state index in [0.717, 1.165) is 16.5 Å². The SMILES string of the molecule is FC(F)(F)c1cc(C(F)(F)F)nc(N2CCc3c([nH]c4ccc(Cl)cc34)C2c2ccc(N3CCOCC3)nc2)n1.O=CO. The molecule has 0 radical (unpaired) electrons. The predicted molar refractivity (Wildman–Crippen MR) is 144 cm³/mol. The number of nitrogens with zero attached hydrogens (tertiary/aromatic N) is 5. The molecule has 1 unspecified atom stereocenters. The van der Waals surface area contributed by atoms with Gasteiger partial charge < -0.3 is 24.6 Å². The number of aromatic nitrogens is 4. The van der Waals surface area contributed by atoms with Gasteiger partial charge in [-0.05, 0) is 47.9 Å². The Morgan fingerprint density at radius 2 is 1.63 bits per heavy atom. The molecule has 2 N–H and O–H groups in total. The van der Waals surface area contributed by atoms with Gasteiger partial charge in [0, 0.05) is 47.5 Å². The van der Waals surface area contributed by atoms with E-state index in [9.17, 15) is 26.3 Å². The standard InChI is InChI=1S/C26H21ClF6N6O.CH2O2/c27-15-2-3-18-17(11-15)16-5-6-39(24-36-19(25(28,29)30)12-20(37-24)26(31,32)33)23(22(16)35-18)14-1-4-21(34-13-14)38-7-9-40-10-8-38;2-1-3/h1-4,11-13,23,35H,5-10H2;1H,(H,2,3). The number of hydrogen-bond acceptors (Lipinski definition) is 7. The Morgan fingerprint density at radius 1 is 0.977 bits per heavy atom. The van der Waals surface area contributed by atoms with Gasteiger partial charge in [-0.3, -0.25) is 4.79 Å². The first-order valence-electron chi connectivity index (χ1n) is 12.9. The van der Waals surface area contributed by atoms with Gasteiger partial charge in [0.2, 0.25) is 5.95 Å². The molecule has 2 aliphatic rings. The number of pyridine rings is 1. The number of hydrogen-bond donors (Lipinski definition) is 2. The summed E-state index contributed by atoms with van der Waals surface area (Å²) in [6.07, 6.45) is -8.32. The molecule has 0 amide bonds. The van der Waals surface area contributed by atoms with Crippen molar-refractivity contribution in [2.75, 3.05) is 42.6 Å². The number of morpholine rings is 1. The normalized spacial score (nSPS) is 17.3. The molecule has 5 heterocycles. The van der Waals surface area contributed by atoms with E-state index in [1.807, 2.05) is 4.90 Å². The summed E-state index contributed by atoms with van der Waals surface area (Å²) in [6.45, 7) is 2.20. The van der Waals surface area contributed by atoms with Crippen LogP contribution in [0, 0.1) is 0 Å². The summed E-state index contributed by atoms with van der Waals surface area (Å²) in [5, 5.41) is 8.21. The summed E-state index contributed by atoms with van der Waals surface area (Å²) in [7, 11) is 0. The maximum Gasteiger partial charge on any atom is 0.433 e. The van der Waals surface area contributed by atoms with E-state index >= 15 is 0 Å². The van der Waals surface area contributed by atoms with Crippen molar-refractivity contribution in [3.8, 4) is 0 Å². The van der Waals surface area contributed by atoms with Gasteiger partial charge in [-0.1, -0.05) is 17.7 Å². The molecule has 0 saturated carbocycles. The van der Waals surface area contributed by atoms with Gasteiger partial charge in [-0.25, -0.2) is 15.0 Å². The Labute approximate surface area is 245 Å². The number of halogens is 7. The number of anilines is 2. The van der Waals surface area contributed by atoms with E-state index in [0.29, 0.717) is 54.8 Å². The lowest BCUT2D eigenvalue weighted by atomic mass is 9.93. The number of ether oxygens (including phenoxy) is 1. The molecule has 1 saturated heterocycles. The summed E-state index contributed by atoms with van der Waals surface area (Å²) in [5.74, 6) is 0.0134. The first-order chi connectivity index (χ1) is 20.4. The molecule has 0 bridgehead atoms. The number of carboxylic acid groups (broad SMARTS) is 1. The van der Waals surface area contributed by atoms with Crippen molar-refractivity contribution in [2.24, 2.45) is 0 Å². The van der Waals surface area contributed by atoms with Crippen LogP contribution < -0.4 is 9.80 Å². The van der Waals surface area contributed by atoms with Gasteiger partial charge in [0.05, 0.1) is 19.3 Å². The van der Waals surface area contributed by atoms with Gasteiger partial charge in [-0.2, -0.15) is 26.3 Å². The highest BCUT2D eigenvalue weighted by molar-refractivity contribution is 6.31. The summed E-state index contributed by atoms with van der Waals surface area (Å²) in [6, 6.07) is 7.88. The quantitative estimate of drug-likeness (QED) is 0.219. The van der Waals surface area contributed by atoms with Crippen molar-refractivity contribution in [2.45, 2.75) is 24.8 Å². The minimum Gasteiger partial charge on any atom is -0.483 e. The zero-order valence-corrected chi connectivity index (χ0v) is 22.8. The minimum atomic E-state index is -5.10. The van der Waals surface area contributed by atoms with E-state index in [1.54, 1.807) is 36.5 Å². The minimum absolute atomic E-state index is 0.0565. The van der Waals surface area contributed by atoms with Crippen LogP contribution in [0.3, 0.4) is 0 Å². The number of benzene rings is 1. The first-order valence-corrected chi connectivity index (χ1v) is 13.2. The van der Waals surface area contributed by atoms with Crippen LogP contribution in [-0.4, -0.2) is 64.4 Å². The second-order valence-electron chi connectivity index (χ2n) is 9.64. The number of carbonyl (C=O) groups is 1. The fraction of sp³-hybridized carbons (Fsp3) is 0.333. The first kappa shape index (κ1) is 30.4. The maximum absolute atomic E-state index is 13.6. The molecule has 6 rings (SSSR count). The highest BCUT2D eigenvalue weighted by atomic mass is 35.5. The maximum atomic E-state index is 13.6. The number of rotatable bonds is 3. The Kier molecular flexibility index (Phi) is 8.38. The van der Waals surface area contributed by atoms with E-state index in [2.05, 4.69) is 19.9 Å². The molecule has 0 aliphatic carbocycles. The molecular formula is C27H23ClF6N6O3. The second-order valence-corrected chi connectivity index (χ2v) is 10.1. The molecule has 2 aliphatic heterocycles. The molecule has 1 atom stereocenters. The Hall–Kier alpha value is -4.11. The number of nitrogens with one attached hydrogen (secondary N) is 1. The largest absolute Gasteiger partial charge is 0.483 e. The third-order valence-corrected chi connectivity index (χ3v) is 7.30. The lowest BCUT2D eigenvalue weighted by Crippen LogP contribution is -2.38. The monoisotopic (exact) mass is 628 g/mol. The van der Waals surface area contributed by atoms with Gasteiger partial charge in [0.1, 0.15) is 5.82 Å². The summed E-state index contributed by atoms with van der Waals surface area (Å²) in [4.78, 5) is 26.7. The molecule has 43 heavy (non-hydrogen) atoms. The fourth-order valence-electron chi connectivity index (χ4n) is 5.21. The third-order valence-electron chi connectivity index (χ3n) is 7.06. The molecule has 9 nitrogen and oxygen atoms in total. The third kappa shape index (κ3) is 6.32. The second kappa shape index (κ2) is 11.9. The molecular weight excluding hydrogens is 606 g/mol. The van der Waals surface area contributed by atoms with E-state index in [1.165, 1.54) is 4.90 Å². The van der Waals surface area contributed by atoms with E-state index in [-0.39, 0.29) is 19.1 Å². The van der Waals surface area contributed by atoms with Gasteiger partial charge in [0.25, 0.3) is 6.47 Å². The van der Waals surface area contributed by atoms with Crippen molar-refractivity contribution in [3.63, 3.8) is 0 Å². The van der Waals surface area contributed by atoms with Gasteiger partial charge in [-0.15, -0.1) is 0 Å². The van der Waals surface area contributed by atoms with Crippen LogP contribution in [0.25, 0.3) is 10.9 Å². The van der Waals surface area contributed by atoms with Crippen LogP contribution in [-0.2, 0) is 28.3 Å². The van der Waals surface area contributed by atoms with Crippen LogP contribution in [0.5, 0.6) is 0 Å². The molecule has 1 aromatic carbocycles. The topological polar surface area (TPSA) is 107 Å². The lowest BCUT2D eigenvalue weighted by Gasteiger charge is -2.36. The molecule has 228 valence electrons. The van der Waals surface area contributed by atoms with Crippen LogP contribution in [0.15, 0.2) is 42.6 Å². The lowest BCUT2D eigenvalue weighted by molar-refractivity contribution is -0.147. The van der Waals surface area contributed by atoms with Crippen molar-refractivity contribution < 1.29 is 41.0 Å².